The van der Waals surface area contributed by atoms with E-state index in [4.69, 9.17) is 4.74 Å². The Bertz CT molecular complexity index is 92.1. The van der Waals surface area contributed by atoms with E-state index in [1.54, 1.807) is 14.1 Å². The van der Waals surface area contributed by atoms with Crippen molar-refractivity contribution in [3.05, 3.63) is 0 Å². The molecule has 0 unspecified atom stereocenters. The maximum Gasteiger partial charge on any atom is 0.248 e. The van der Waals surface area contributed by atoms with Gasteiger partial charge in [-0.3, -0.25) is 4.79 Å². The van der Waals surface area contributed by atoms with Crippen molar-refractivity contribution in [2.75, 3.05) is 27.3 Å². The summed E-state index contributed by atoms with van der Waals surface area (Å²) in [6.07, 6.45) is 0. The summed E-state index contributed by atoms with van der Waals surface area (Å²) >= 11 is 0. The second-order valence-corrected chi connectivity index (χ2v) is 1.93. The maximum atomic E-state index is 10.7. The van der Waals surface area contributed by atoms with E-state index in [-0.39, 0.29) is 12.5 Å². The van der Waals surface area contributed by atoms with Crippen LogP contribution in [0.25, 0.3) is 0 Å². The molecule has 0 bridgehead atoms. The van der Waals surface area contributed by atoms with E-state index < -0.39 is 0 Å². The van der Waals surface area contributed by atoms with Gasteiger partial charge in [-0.15, -0.1) is 0 Å². The standard InChI is InChI=1S/C6H13NO2.C2H6/c1-4-9-5-6(8)7(2)3;1-2/h4-5H2,1-3H3;1-2H3. The minimum Gasteiger partial charge on any atom is -0.372 e. The first-order valence-corrected chi connectivity index (χ1v) is 3.96. The number of likely N-dealkylation sites (N-methyl/N-ethyl adjacent to an activating group) is 1. The second kappa shape index (κ2) is 9.43. The molecule has 0 aliphatic carbocycles. The lowest BCUT2D eigenvalue weighted by molar-refractivity contribution is -0.133. The Labute approximate surface area is 69.3 Å². The Balaban J connectivity index is 0. The van der Waals surface area contributed by atoms with E-state index in [0.29, 0.717) is 6.61 Å². The molecule has 3 heteroatoms. The molecule has 0 atom stereocenters. The molecule has 0 rings (SSSR count). The fourth-order valence-electron chi connectivity index (χ4n) is 0.318. The lowest BCUT2D eigenvalue weighted by atomic mass is 10.6. The van der Waals surface area contributed by atoms with Gasteiger partial charge in [0, 0.05) is 20.7 Å². The van der Waals surface area contributed by atoms with Crippen molar-refractivity contribution in [1.29, 1.82) is 0 Å². The Hall–Kier alpha value is -0.570. The van der Waals surface area contributed by atoms with E-state index in [1.807, 2.05) is 20.8 Å². The minimum atomic E-state index is 0.0110. The zero-order valence-electron chi connectivity index (χ0n) is 8.18. The number of hydrogen-bond donors (Lipinski definition) is 0. The van der Waals surface area contributed by atoms with Gasteiger partial charge in [-0.1, -0.05) is 13.8 Å². The lowest BCUT2D eigenvalue weighted by Crippen LogP contribution is -2.26. The van der Waals surface area contributed by atoms with Gasteiger partial charge in [0.15, 0.2) is 0 Å². The average molecular weight is 161 g/mol. The first-order chi connectivity index (χ1) is 5.18. The zero-order valence-corrected chi connectivity index (χ0v) is 8.18. The first-order valence-electron chi connectivity index (χ1n) is 3.96. The highest BCUT2D eigenvalue weighted by Gasteiger charge is 2.00. The SMILES string of the molecule is CC.CCOCC(=O)N(C)C. The topological polar surface area (TPSA) is 29.5 Å². The lowest BCUT2D eigenvalue weighted by Gasteiger charge is -2.08. The molecule has 0 heterocycles. The molecule has 0 aromatic carbocycles. The van der Waals surface area contributed by atoms with Crippen LogP contribution in [0, 0.1) is 0 Å². The van der Waals surface area contributed by atoms with Crippen LogP contribution >= 0.6 is 0 Å². The smallest absolute Gasteiger partial charge is 0.248 e. The van der Waals surface area contributed by atoms with Crippen molar-refractivity contribution in [3.8, 4) is 0 Å². The van der Waals surface area contributed by atoms with Gasteiger partial charge in [-0.25, -0.2) is 0 Å². The number of ether oxygens (including phenoxy) is 1. The number of amides is 1. The van der Waals surface area contributed by atoms with E-state index >= 15 is 0 Å². The summed E-state index contributed by atoms with van der Waals surface area (Å²) in [5.41, 5.74) is 0. The van der Waals surface area contributed by atoms with E-state index in [9.17, 15) is 4.79 Å². The van der Waals surface area contributed by atoms with Gasteiger partial charge in [0.05, 0.1) is 0 Å². The highest BCUT2D eigenvalue weighted by atomic mass is 16.5. The second-order valence-electron chi connectivity index (χ2n) is 1.93. The molecular weight excluding hydrogens is 142 g/mol. The quantitative estimate of drug-likeness (QED) is 0.621. The van der Waals surface area contributed by atoms with E-state index in [0.717, 1.165) is 0 Å². The molecule has 11 heavy (non-hydrogen) atoms. The molecule has 3 nitrogen and oxygen atoms in total. The molecule has 0 saturated heterocycles. The molecular formula is C8H19NO2. The van der Waals surface area contributed by atoms with Crippen molar-refractivity contribution in [2.24, 2.45) is 0 Å². The molecule has 0 aliphatic rings. The van der Waals surface area contributed by atoms with Crippen LogP contribution in [0.15, 0.2) is 0 Å². The normalized spacial score (nSPS) is 8.09. The van der Waals surface area contributed by atoms with Crippen LogP contribution in [0.3, 0.4) is 0 Å². The fraction of sp³-hybridized carbons (Fsp3) is 0.875. The maximum absolute atomic E-state index is 10.7. The van der Waals surface area contributed by atoms with Crippen LogP contribution in [0.4, 0.5) is 0 Å². The van der Waals surface area contributed by atoms with E-state index in [2.05, 4.69) is 0 Å². The number of carbonyl (C=O) groups excluding carboxylic acids is 1. The predicted molar refractivity (Wildman–Crippen MR) is 46.5 cm³/mol. The molecule has 0 aromatic rings. The van der Waals surface area contributed by atoms with Gasteiger partial charge in [-0.05, 0) is 6.92 Å². The molecule has 0 fully saturated rings. The van der Waals surface area contributed by atoms with Crippen molar-refractivity contribution in [3.63, 3.8) is 0 Å². The summed E-state index contributed by atoms with van der Waals surface area (Å²) in [5.74, 6) is 0.0110. The van der Waals surface area contributed by atoms with E-state index in [1.165, 1.54) is 4.90 Å². The van der Waals surface area contributed by atoms with Crippen LogP contribution < -0.4 is 0 Å². The molecule has 68 valence electrons. The van der Waals surface area contributed by atoms with Gasteiger partial charge in [0.1, 0.15) is 6.61 Å². The first kappa shape index (κ1) is 13.1. The average Bonchev–Trinajstić information content (AvgIpc) is 2.03. The van der Waals surface area contributed by atoms with Crippen LogP contribution in [-0.2, 0) is 9.53 Å². The van der Waals surface area contributed by atoms with Gasteiger partial charge in [-0.2, -0.15) is 0 Å². The molecule has 0 saturated carbocycles. The summed E-state index contributed by atoms with van der Waals surface area (Å²) in [6.45, 7) is 6.66. The Morgan fingerprint density at radius 3 is 2.09 bits per heavy atom. The van der Waals surface area contributed by atoms with Crippen LogP contribution in [0.1, 0.15) is 20.8 Å². The van der Waals surface area contributed by atoms with Crippen molar-refractivity contribution in [2.45, 2.75) is 20.8 Å². The fourth-order valence-corrected chi connectivity index (χ4v) is 0.318. The Morgan fingerprint density at radius 2 is 1.82 bits per heavy atom. The van der Waals surface area contributed by atoms with Crippen molar-refractivity contribution in [1.82, 2.24) is 4.90 Å². The molecule has 0 aliphatic heterocycles. The zero-order chi connectivity index (χ0) is 9.28. The predicted octanol–water partition coefficient (Wildman–Crippen LogP) is 1.14. The molecule has 0 aromatic heterocycles. The number of carbonyl (C=O) groups is 1. The highest BCUT2D eigenvalue weighted by molar-refractivity contribution is 5.76. The third-order valence-electron chi connectivity index (χ3n) is 0.928. The van der Waals surface area contributed by atoms with Crippen molar-refractivity contribution >= 4 is 5.91 Å². The summed E-state index contributed by atoms with van der Waals surface area (Å²) in [5, 5.41) is 0. The van der Waals surface area contributed by atoms with Crippen LogP contribution in [0.5, 0.6) is 0 Å². The molecule has 1 amide bonds. The van der Waals surface area contributed by atoms with Gasteiger partial charge in [0.2, 0.25) is 5.91 Å². The van der Waals surface area contributed by atoms with Crippen LogP contribution in [-0.4, -0.2) is 38.1 Å². The van der Waals surface area contributed by atoms with Gasteiger partial charge >= 0.3 is 0 Å². The number of rotatable bonds is 3. The van der Waals surface area contributed by atoms with Gasteiger partial charge < -0.3 is 9.64 Å². The van der Waals surface area contributed by atoms with Gasteiger partial charge in [0.25, 0.3) is 0 Å². The highest BCUT2D eigenvalue weighted by Crippen LogP contribution is 1.79. The Kier molecular flexibility index (Phi) is 11.2. The molecule has 0 N–H and O–H groups in total. The summed E-state index contributed by atoms with van der Waals surface area (Å²) < 4.78 is 4.87. The number of nitrogens with zero attached hydrogens (tertiary/aromatic N) is 1. The third-order valence-corrected chi connectivity index (χ3v) is 0.928. The van der Waals surface area contributed by atoms with Crippen LogP contribution in [0.2, 0.25) is 0 Å². The molecule has 0 spiro atoms. The molecule has 0 radical (unpaired) electrons. The monoisotopic (exact) mass is 161 g/mol. The largest absolute Gasteiger partial charge is 0.372 e. The minimum absolute atomic E-state index is 0.0110. The number of hydrogen-bond acceptors (Lipinski definition) is 2. The Morgan fingerprint density at radius 1 is 1.36 bits per heavy atom. The van der Waals surface area contributed by atoms with Crippen molar-refractivity contribution < 1.29 is 9.53 Å². The summed E-state index contributed by atoms with van der Waals surface area (Å²) in [7, 11) is 3.42. The third kappa shape index (κ3) is 9.43. The summed E-state index contributed by atoms with van der Waals surface area (Å²) in [6, 6.07) is 0. The summed E-state index contributed by atoms with van der Waals surface area (Å²) in [4.78, 5) is 12.2.